The van der Waals surface area contributed by atoms with Gasteiger partial charge in [0.1, 0.15) is 0 Å². The van der Waals surface area contributed by atoms with Crippen LogP contribution < -0.4 is 5.73 Å². The zero-order valence-electron chi connectivity index (χ0n) is 11.2. The van der Waals surface area contributed by atoms with Gasteiger partial charge < -0.3 is 5.73 Å². The van der Waals surface area contributed by atoms with E-state index in [1.807, 2.05) is 0 Å². The van der Waals surface area contributed by atoms with Crippen LogP contribution in [0, 0.1) is 12.8 Å². The minimum Gasteiger partial charge on any atom is -0.325 e. The first kappa shape index (κ1) is 12.6. The topological polar surface area (TPSA) is 26.0 Å². The lowest BCUT2D eigenvalue weighted by molar-refractivity contribution is 0.182. The first-order valence-electron chi connectivity index (χ1n) is 6.98. The van der Waals surface area contributed by atoms with Gasteiger partial charge in [0.2, 0.25) is 0 Å². The minimum absolute atomic E-state index is 0.0425. The van der Waals surface area contributed by atoms with Crippen LogP contribution in [0.3, 0.4) is 0 Å². The van der Waals surface area contributed by atoms with Gasteiger partial charge in [0.05, 0.1) is 0 Å². The van der Waals surface area contributed by atoms with Gasteiger partial charge >= 0.3 is 0 Å². The van der Waals surface area contributed by atoms with Gasteiger partial charge in [0.25, 0.3) is 0 Å². The van der Waals surface area contributed by atoms with E-state index in [-0.39, 0.29) is 5.54 Å². The Morgan fingerprint density at radius 3 is 2.88 bits per heavy atom. The average Bonchev–Trinajstić information content (AvgIpc) is 2.29. The molecule has 1 aliphatic carbocycles. The fourth-order valence-electron chi connectivity index (χ4n) is 3.38. The molecule has 1 fully saturated rings. The zero-order chi connectivity index (χ0) is 12.3. The Morgan fingerprint density at radius 1 is 1.35 bits per heavy atom. The molecular weight excluding hydrogens is 206 g/mol. The standard InChI is InChI=1S/C16H25N/c1-3-15-9-4-5-10-16(15,17)12-14-8-6-7-13(2)11-14/h6-8,11,15H,3-5,9-10,12,17H2,1-2H3. The molecule has 2 N–H and O–H groups in total. The lowest BCUT2D eigenvalue weighted by Crippen LogP contribution is -2.50. The molecule has 0 aliphatic heterocycles. The van der Waals surface area contributed by atoms with Crippen molar-refractivity contribution < 1.29 is 0 Å². The van der Waals surface area contributed by atoms with Crippen LogP contribution in [0.5, 0.6) is 0 Å². The minimum atomic E-state index is 0.0425. The van der Waals surface area contributed by atoms with Crippen LogP contribution in [-0.2, 0) is 6.42 Å². The van der Waals surface area contributed by atoms with E-state index in [0.717, 1.165) is 6.42 Å². The summed E-state index contributed by atoms with van der Waals surface area (Å²) in [6.45, 7) is 4.44. The molecule has 0 saturated heterocycles. The van der Waals surface area contributed by atoms with E-state index >= 15 is 0 Å². The highest BCUT2D eigenvalue weighted by Gasteiger charge is 2.35. The molecular formula is C16H25N. The van der Waals surface area contributed by atoms with E-state index < -0.39 is 0 Å². The maximum Gasteiger partial charge on any atom is 0.0223 e. The summed E-state index contributed by atoms with van der Waals surface area (Å²) in [7, 11) is 0. The molecule has 94 valence electrons. The van der Waals surface area contributed by atoms with Gasteiger partial charge in [-0.15, -0.1) is 0 Å². The van der Waals surface area contributed by atoms with Crippen molar-refractivity contribution in [2.45, 2.75) is 57.9 Å². The Bertz CT molecular complexity index is 372. The summed E-state index contributed by atoms with van der Waals surface area (Å²) in [5.74, 6) is 0.705. The Balaban J connectivity index is 2.14. The summed E-state index contributed by atoms with van der Waals surface area (Å²) >= 11 is 0. The average molecular weight is 231 g/mol. The van der Waals surface area contributed by atoms with Crippen LogP contribution >= 0.6 is 0 Å². The van der Waals surface area contributed by atoms with Crippen molar-refractivity contribution in [1.82, 2.24) is 0 Å². The third-order valence-electron chi connectivity index (χ3n) is 4.37. The van der Waals surface area contributed by atoms with Crippen LogP contribution in [0.25, 0.3) is 0 Å². The highest BCUT2D eigenvalue weighted by Crippen LogP contribution is 2.36. The third kappa shape index (κ3) is 2.90. The number of benzene rings is 1. The first-order valence-corrected chi connectivity index (χ1v) is 6.98. The lowest BCUT2D eigenvalue weighted by Gasteiger charge is -2.41. The number of nitrogens with two attached hydrogens (primary N) is 1. The molecule has 0 aromatic heterocycles. The molecule has 0 radical (unpaired) electrons. The molecule has 2 rings (SSSR count). The molecule has 1 heteroatoms. The third-order valence-corrected chi connectivity index (χ3v) is 4.37. The zero-order valence-corrected chi connectivity index (χ0v) is 11.2. The van der Waals surface area contributed by atoms with E-state index in [1.165, 1.54) is 43.2 Å². The first-order chi connectivity index (χ1) is 8.14. The maximum atomic E-state index is 6.70. The summed E-state index contributed by atoms with van der Waals surface area (Å²) in [6.07, 6.45) is 7.46. The largest absolute Gasteiger partial charge is 0.325 e. The number of hydrogen-bond acceptors (Lipinski definition) is 1. The molecule has 1 nitrogen and oxygen atoms in total. The van der Waals surface area contributed by atoms with Crippen LogP contribution in [0.4, 0.5) is 0 Å². The van der Waals surface area contributed by atoms with E-state index in [0.29, 0.717) is 5.92 Å². The fourth-order valence-corrected chi connectivity index (χ4v) is 3.38. The van der Waals surface area contributed by atoms with Crippen molar-refractivity contribution in [2.24, 2.45) is 11.7 Å². The molecule has 1 saturated carbocycles. The Labute approximate surface area is 105 Å². The summed E-state index contributed by atoms with van der Waals surface area (Å²) < 4.78 is 0. The second-order valence-corrected chi connectivity index (χ2v) is 5.75. The van der Waals surface area contributed by atoms with Gasteiger partial charge in [-0.3, -0.25) is 0 Å². The highest BCUT2D eigenvalue weighted by atomic mass is 14.8. The van der Waals surface area contributed by atoms with Crippen LogP contribution in [0.1, 0.15) is 50.2 Å². The van der Waals surface area contributed by atoms with Crippen LogP contribution in [0.15, 0.2) is 24.3 Å². The summed E-state index contributed by atoms with van der Waals surface area (Å²) in [5.41, 5.74) is 9.49. The maximum absolute atomic E-state index is 6.70. The molecule has 17 heavy (non-hydrogen) atoms. The highest BCUT2D eigenvalue weighted by molar-refractivity contribution is 5.24. The van der Waals surface area contributed by atoms with Gasteiger partial charge in [0.15, 0.2) is 0 Å². The number of rotatable bonds is 3. The predicted molar refractivity (Wildman–Crippen MR) is 74.1 cm³/mol. The Kier molecular flexibility index (Phi) is 3.88. The molecule has 2 unspecified atom stereocenters. The van der Waals surface area contributed by atoms with Crippen molar-refractivity contribution in [3.63, 3.8) is 0 Å². The molecule has 0 amide bonds. The van der Waals surface area contributed by atoms with E-state index in [1.54, 1.807) is 0 Å². The fraction of sp³-hybridized carbons (Fsp3) is 0.625. The van der Waals surface area contributed by atoms with Crippen molar-refractivity contribution in [3.8, 4) is 0 Å². The molecule has 0 heterocycles. The summed E-state index contributed by atoms with van der Waals surface area (Å²) in [6, 6.07) is 8.82. The van der Waals surface area contributed by atoms with Crippen LogP contribution in [0.2, 0.25) is 0 Å². The second-order valence-electron chi connectivity index (χ2n) is 5.75. The summed E-state index contributed by atoms with van der Waals surface area (Å²) in [5, 5.41) is 0. The molecule has 1 aromatic carbocycles. The van der Waals surface area contributed by atoms with Crippen LogP contribution in [-0.4, -0.2) is 5.54 Å². The van der Waals surface area contributed by atoms with Crippen molar-refractivity contribution in [2.75, 3.05) is 0 Å². The van der Waals surface area contributed by atoms with Crippen molar-refractivity contribution in [3.05, 3.63) is 35.4 Å². The molecule has 0 spiro atoms. The summed E-state index contributed by atoms with van der Waals surface area (Å²) in [4.78, 5) is 0. The predicted octanol–water partition coefficient (Wildman–Crippen LogP) is 3.84. The Morgan fingerprint density at radius 2 is 2.18 bits per heavy atom. The molecule has 1 aromatic rings. The van der Waals surface area contributed by atoms with E-state index in [2.05, 4.69) is 38.1 Å². The number of hydrogen-bond donors (Lipinski definition) is 1. The second kappa shape index (κ2) is 5.22. The van der Waals surface area contributed by atoms with Crippen molar-refractivity contribution in [1.29, 1.82) is 0 Å². The Hall–Kier alpha value is -0.820. The molecule has 1 aliphatic rings. The number of aryl methyl sites for hydroxylation is 1. The van der Waals surface area contributed by atoms with Gasteiger partial charge in [-0.1, -0.05) is 56.0 Å². The SMILES string of the molecule is CCC1CCCCC1(N)Cc1cccc(C)c1. The quantitative estimate of drug-likeness (QED) is 0.840. The van der Waals surface area contributed by atoms with Gasteiger partial charge in [-0.05, 0) is 37.7 Å². The lowest BCUT2D eigenvalue weighted by atomic mass is 9.69. The van der Waals surface area contributed by atoms with Crippen molar-refractivity contribution >= 4 is 0 Å². The smallest absolute Gasteiger partial charge is 0.0223 e. The van der Waals surface area contributed by atoms with E-state index in [4.69, 9.17) is 5.73 Å². The van der Waals surface area contributed by atoms with Gasteiger partial charge in [-0.2, -0.15) is 0 Å². The van der Waals surface area contributed by atoms with E-state index in [9.17, 15) is 0 Å². The monoisotopic (exact) mass is 231 g/mol. The normalized spacial score (nSPS) is 29.2. The molecule has 0 bridgehead atoms. The van der Waals surface area contributed by atoms with Gasteiger partial charge in [-0.25, -0.2) is 0 Å². The van der Waals surface area contributed by atoms with Gasteiger partial charge in [0, 0.05) is 5.54 Å². The molecule has 2 atom stereocenters.